The number of aromatic nitrogens is 1. The lowest BCUT2D eigenvalue weighted by atomic mass is 10.0. The van der Waals surface area contributed by atoms with Gasteiger partial charge in [-0.25, -0.2) is 0 Å². The van der Waals surface area contributed by atoms with Crippen molar-refractivity contribution in [2.75, 3.05) is 0 Å². The summed E-state index contributed by atoms with van der Waals surface area (Å²) in [6.07, 6.45) is 4.25. The number of furan rings is 1. The van der Waals surface area contributed by atoms with Crippen LogP contribution in [0, 0.1) is 6.92 Å². The van der Waals surface area contributed by atoms with Crippen LogP contribution in [0.25, 0.3) is 0 Å². The van der Waals surface area contributed by atoms with Gasteiger partial charge in [-0.1, -0.05) is 6.07 Å². The number of pyridine rings is 1. The third-order valence-electron chi connectivity index (χ3n) is 2.19. The molecule has 1 N–H and O–H groups in total. The lowest BCUT2D eigenvalue weighted by Crippen LogP contribution is -1.99. The Balaban J connectivity index is 2.34. The quantitative estimate of drug-likeness (QED) is 0.786. The highest BCUT2D eigenvalue weighted by molar-refractivity contribution is 5.28. The van der Waals surface area contributed by atoms with Crippen LogP contribution >= 0.6 is 0 Å². The van der Waals surface area contributed by atoms with Gasteiger partial charge in [0.25, 0.3) is 0 Å². The summed E-state index contributed by atoms with van der Waals surface area (Å²) in [7, 11) is 0. The molecule has 0 aliphatic rings. The van der Waals surface area contributed by atoms with Crippen LogP contribution in [0.4, 0.5) is 0 Å². The molecule has 1 unspecified atom stereocenters. The fraction of sp³-hybridized carbons (Fsp3) is 0.182. The maximum atomic E-state index is 9.96. The molecule has 2 rings (SSSR count). The Morgan fingerprint density at radius 1 is 1.43 bits per heavy atom. The Kier molecular flexibility index (Phi) is 2.33. The Morgan fingerprint density at radius 2 is 2.29 bits per heavy atom. The molecule has 0 amide bonds. The van der Waals surface area contributed by atoms with Crippen LogP contribution in [-0.2, 0) is 0 Å². The van der Waals surface area contributed by atoms with E-state index in [4.69, 9.17) is 4.42 Å². The van der Waals surface area contributed by atoms with Gasteiger partial charge in [0.1, 0.15) is 11.9 Å². The Labute approximate surface area is 82.0 Å². The monoisotopic (exact) mass is 189 g/mol. The molecule has 0 saturated heterocycles. The molecule has 14 heavy (non-hydrogen) atoms. The molecule has 72 valence electrons. The number of rotatable bonds is 2. The first-order valence-electron chi connectivity index (χ1n) is 4.41. The summed E-state index contributed by atoms with van der Waals surface area (Å²) in [5.41, 5.74) is 1.56. The number of aryl methyl sites for hydroxylation is 1. The molecule has 0 aliphatic heterocycles. The number of aliphatic hydroxyl groups excluding tert-OH is 1. The minimum Gasteiger partial charge on any atom is -0.469 e. The number of hydrogen-bond donors (Lipinski definition) is 1. The largest absolute Gasteiger partial charge is 0.469 e. The minimum absolute atomic E-state index is 0.651. The van der Waals surface area contributed by atoms with Gasteiger partial charge < -0.3 is 9.52 Å². The van der Waals surface area contributed by atoms with Crippen LogP contribution < -0.4 is 0 Å². The average molecular weight is 189 g/mol. The van der Waals surface area contributed by atoms with Crippen molar-refractivity contribution >= 4 is 0 Å². The molecule has 0 spiro atoms. The van der Waals surface area contributed by atoms with Crippen LogP contribution in [-0.4, -0.2) is 10.1 Å². The molecule has 0 bridgehead atoms. The van der Waals surface area contributed by atoms with Crippen molar-refractivity contribution in [1.29, 1.82) is 0 Å². The third-order valence-corrected chi connectivity index (χ3v) is 2.19. The lowest BCUT2D eigenvalue weighted by molar-refractivity contribution is 0.217. The zero-order chi connectivity index (χ0) is 9.97. The minimum atomic E-state index is -0.651. The van der Waals surface area contributed by atoms with Crippen molar-refractivity contribution < 1.29 is 9.52 Å². The summed E-state index contributed by atoms with van der Waals surface area (Å²) in [5.74, 6) is 0.737. The van der Waals surface area contributed by atoms with Crippen LogP contribution in [0.1, 0.15) is 23.0 Å². The fourth-order valence-corrected chi connectivity index (χ4v) is 1.40. The Bertz CT molecular complexity index is 408. The molecule has 0 fully saturated rings. The van der Waals surface area contributed by atoms with Crippen molar-refractivity contribution in [3.63, 3.8) is 0 Å². The third kappa shape index (κ3) is 1.54. The predicted octanol–water partition coefficient (Wildman–Crippen LogP) is 2.06. The maximum Gasteiger partial charge on any atom is 0.109 e. The zero-order valence-corrected chi connectivity index (χ0v) is 7.84. The molecule has 0 saturated carbocycles. The summed E-state index contributed by atoms with van der Waals surface area (Å²) in [6.45, 7) is 1.83. The molecule has 1 atom stereocenters. The van der Waals surface area contributed by atoms with E-state index < -0.39 is 6.10 Å². The number of aliphatic hydroxyl groups is 1. The van der Waals surface area contributed by atoms with E-state index in [1.165, 1.54) is 0 Å². The van der Waals surface area contributed by atoms with E-state index in [0.29, 0.717) is 0 Å². The summed E-state index contributed by atoms with van der Waals surface area (Å²) in [5, 5.41) is 9.96. The van der Waals surface area contributed by atoms with Crippen molar-refractivity contribution in [3.05, 3.63) is 53.7 Å². The van der Waals surface area contributed by atoms with Crippen molar-refractivity contribution in [3.8, 4) is 0 Å². The standard InChI is InChI=1S/C11H11NO2/c1-8-10(4-6-14-8)11(13)9-3-2-5-12-7-9/h2-7,11,13H,1H3. The second-order valence-electron chi connectivity index (χ2n) is 3.12. The summed E-state index contributed by atoms with van der Waals surface area (Å²) < 4.78 is 5.13. The van der Waals surface area contributed by atoms with Crippen molar-refractivity contribution in [2.24, 2.45) is 0 Å². The molecular formula is C11H11NO2. The molecule has 0 aromatic carbocycles. The van der Waals surface area contributed by atoms with Gasteiger partial charge in [-0.05, 0) is 19.1 Å². The normalized spacial score (nSPS) is 12.7. The molecule has 0 radical (unpaired) electrons. The summed E-state index contributed by atoms with van der Waals surface area (Å²) in [4.78, 5) is 3.95. The first kappa shape index (κ1) is 8.97. The van der Waals surface area contributed by atoms with Crippen LogP contribution in [0.3, 0.4) is 0 Å². The predicted molar refractivity (Wildman–Crippen MR) is 51.7 cm³/mol. The molecular weight excluding hydrogens is 178 g/mol. The van der Waals surface area contributed by atoms with E-state index in [1.807, 2.05) is 13.0 Å². The molecule has 2 aromatic rings. The Hall–Kier alpha value is -1.61. The maximum absolute atomic E-state index is 9.96. The van der Waals surface area contributed by atoms with Crippen LogP contribution in [0.5, 0.6) is 0 Å². The first-order valence-corrected chi connectivity index (χ1v) is 4.41. The Morgan fingerprint density at radius 3 is 2.86 bits per heavy atom. The first-order chi connectivity index (χ1) is 6.79. The van der Waals surface area contributed by atoms with E-state index >= 15 is 0 Å². The van der Waals surface area contributed by atoms with E-state index in [2.05, 4.69) is 4.98 Å². The van der Waals surface area contributed by atoms with Crippen LogP contribution in [0.2, 0.25) is 0 Å². The van der Waals surface area contributed by atoms with E-state index in [1.54, 1.807) is 30.8 Å². The summed E-state index contributed by atoms with van der Waals surface area (Å²) in [6, 6.07) is 5.41. The number of hydrogen-bond acceptors (Lipinski definition) is 3. The molecule has 0 aliphatic carbocycles. The van der Waals surface area contributed by atoms with Gasteiger partial charge in [0, 0.05) is 23.5 Å². The SMILES string of the molecule is Cc1occc1C(O)c1cccnc1. The van der Waals surface area contributed by atoms with Crippen molar-refractivity contribution in [2.45, 2.75) is 13.0 Å². The highest BCUT2D eigenvalue weighted by atomic mass is 16.3. The van der Waals surface area contributed by atoms with Gasteiger partial charge in [0.15, 0.2) is 0 Å². The van der Waals surface area contributed by atoms with E-state index in [9.17, 15) is 5.11 Å². The van der Waals surface area contributed by atoms with Gasteiger partial charge in [-0.2, -0.15) is 0 Å². The summed E-state index contributed by atoms with van der Waals surface area (Å²) >= 11 is 0. The van der Waals surface area contributed by atoms with Gasteiger partial charge >= 0.3 is 0 Å². The van der Waals surface area contributed by atoms with E-state index in [-0.39, 0.29) is 0 Å². The van der Waals surface area contributed by atoms with Gasteiger partial charge in [-0.3, -0.25) is 4.98 Å². The highest BCUT2D eigenvalue weighted by Crippen LogP contribution is 2.24. The van der Waals surface area contributed by atoms with Crippen LogP contribution in [0.15, 0.2) is 41.3 Å². The van der Waals surface area contributed by atoms with Crippen molar-refractivity contribution in [1.82, 2.24) is 4.98 Å². The second-order valence-corrected chi connectivity index (χ2v) is 3.12. The molecule has 3 heteroatoms. The smallest absolute Gasteiger partial charge is 0.109 e. The fourth-order valence-electron chi connectivity index (χ4n) is 1.40. The molecule has 3 nitrogen and oxygen atoms in total. The molecule has 2 aromatic heterocycles. The highest BCUT2D eigenvalue weighted by Gasteiger charge is 2.14. The lowest BCUT2D eigenvalue weighted by Gasteiger charge is -2.08. The second kappa shape index (κ2) is 3.64. The molecule has 2 heterocycles. The topological polar surface area (TPSA) is 46.3 Å². The average Bonchev–Trinajstić information content (AvgIpc) is 2.65. The van der Waals surface area contributed by atoms with Gasteiger partial charge in [0.05, 0.1) is 6.26 Å². The number of nitrogens with zero attached hydrogens (tertiary/aromatic N) is 1. The van der Waals surface area contributed by atoms with Gasteiger partial charge in [-0.15, -0.1) is 0 Å². The van der Waals surface area contributed by atoms with E-state index in [0.717, 1.165) is 16.9 Å². The zero-order valence-electron chi connectivity index (χ0n) is 7.84. The van der Waals surface area contributed by atoms with Gasteiger partial charge in [0.2, 0.25) is 0 Å².